The number of hydrogen-bond acceptors (Lipinski definition) is 4. The van der Waals surface area contributed by atoms with Crippen molar-refractivity contribution >= 4 is 22.2 Å². The molecule has 0 radical (unpaired) electrons. The standard InChI is InChI=1S/C34H34N6/c1-4-10-28(31-13-8-9-16-36-31)29-19-33(38-23(29)3)34-30-18-25(14-15-32(30)39-40-34)26-17-27(21-35-20-26)37-22(2)24-11-6-5-7-12-24/h4,8-10,13-21,24,37-38H,1-2,5-7,11-12H2,3H3,(H,39,40)/b28-10+. The van der Waals surface area contributed by atoms with Gasteiger partial charge in [-0.1, -0.05) is 56.7 Å². The third-order valence-corrected chi connectivity index (χ3v) is 7.82. The van der Waals surface area contributed by atoms with Crippen LogP contribution in [0.5, 0.6) is 0 Å². The van der Waals surface area contributed by atoms with Gasteiger partial charge in [-0.3, -0.25) is 15.1 Å². The van der Waals surface area contributed by atoms with Crippen LogP contribution in [-0.2, 0) is 0 Å². The van der Waals surface area contributed by atoms with Gasteiger partial charge < -0.3 is 10.3 Å². The van der Waals surface area contributed by atoms with Gasteiger partial charge in [0, 0.05) is 45.9 Å². The zero-order valence-corrected chi connectivity index (χ0v) is 22.9. The molecular weight excluding hydrogens is 492 g/mol. The smallest absolute Gasteiger partial charge is 0.116 e. The minimum atomic E-state index is 0.538. The average Bonchev–Trinajstić information content (AvgIpc) is 3.59. The first-order valence-corrected chi connectivity index (χ1v) is 13.9. The Bertz CT molecular complexity index is 1700. The number of nitrogens with zero attached hydrogens (tertiary/aromatic N) is 3. The molecule has 0 amide bonds. The number of benzene rings is 1. The van der Waals surface area contributed by atoms with E-state index in [1.807, 2.05) is 42.9 Å². The third-order valence-electron chi connectivity index (χ3n) is 7.82. The van der Waals surface area contributed by atoms with E-state index in [0.717, 1.165) is 67.3 Å². The van der Waals surface area contributed by atoms with E-state index in [2.05, 4.69) is 75.8 Å². The molecule has 200 valence electrons. The molecule has 6 nitrogen and oxygen atoms in total. The molecule has 0 saturated heterocycles. The van der Waals surface area contributed by atoms with Crippen molar-refractivity contribution in [3.8, 4) is 22.5 Å². The summed E-state index contributed by atoms with van der Waals surface area (Å²) in [7, 11) is 0. The number of pyridine rings is 2. The highest BCUT2D eigenvalue weighted by Crippen LogP contribution is 2.35. The van der Waals surface area contributed by atoms with Crippen LogP contribution in [0, 0.1) is 12.8 Å². The number of hydrogen-bond donors (Lipinski definition) is 3. The number of H-pyrrole nitrogens is 2. The Morgan fingerprint density at radius 2 is 1.90 bits per heavy atom. The van der Waals surface area contributed by atoms with E-state index in [1.165, 1.54) is 32.1 Å². The van der Waals surface area contributed by atoms with Crippen molar-refractivity contribution in [2.24, 2.45) is 5.92 Å². The lowest BCUT2D eigenvalue weighted by Crippen LogP contribution is -2.14. The van der Waals surface area contributed by atoms with Gasteiger partial charge in [-0.05, 0) is 67.6 Å². The van der Waals surface area contributed by atoms with Crippen LogP contribution in [0.15, 0.2) is 98.1 Å². The molecule has 1 fully saturated rings. The molecule has 6 heteroatoms. The van der Waals surface area contributed by atoms with Crippen LogP contribution >= 0.6 is 0 Å². The van der Waals surface area contributed by atoms with Crippen LogP contribution < -0.4 is 5.32 Å². The van der Waals surface area contributed by atoms with Crippen LogP contribution in [0.2, 0.25) is 0 Å². The van der Waals surface area contributed by atoms with E-state index < -0.39 is 0 Å². The topological polar surface area (TPSA) is 82.3 Å². The molecule has 0 aliphatic heterocycles. The first-order valence-electron chi connectivity index (χ1n) is 13.9. The fourth-order valence-corrected chi connectivity index (χ4v) is 5.72. The predicted molar refractivity (Wildman–Crippen MR) is 165 cm³/mol. The second kappa shape index (κ2) is 11.2. The van der Waals surface area contributed by atoms with Crippen LogP contribution in [0.1, 0.15) is 49.1 Å². The molecule has 1 aliphatic carbocycles. The Hall–Kier alpha value is -4.71. The molecule has 4 aromatic heterocycles. The third kappa shape index (κ3) is 5.13. The summed E-state index contributed by atoms with van der Waals surface area (Å²) in [6, 6.07) is 16.6. The molecule has 1 aliphatic rings. The molecular formula is C34H34N6. The molecule has 1 saturated carbocycles. The van der Waals surface area contributed by atoms with Crippen molar-refractivity contribution in [3.63, 3.8) is 0 Å². The Balaban J connectivity index is 1.32. The number of aromatic amines is 2. The molecule has 6 rings (SSSR count). The van der Waals surface area contributed by atoms with Crippen molar-refractivity contribution in [1.29, 1.82) is 0 Å². The minimum Gasteiger partial charge on any atom is -0.358 e. The highest BCUT2D eigenvalue weighted by molar-refractivity contribution is 5.96. The number of allylic oxidation sites excluding steroid dienone is 3. The predicted octanol–water partition coefficient (Wildman–Crippen LogP) is 8.45. The van der Waals surface area contributed by atoms with Crippen LogP contribution in [0.4, 0.5) is 5.69 Å². The molecule has 4 heterocycles. The summed E-state index contributed by atoms with van der Waals surface area (Å²) < 4.78 is 0. The molecule has 0 spiro atoms. The molecule has 0 bridgehead atoms. The largest absolute Gasteiger partial charge is 0.358 e. The Labute approximate surface area is 235 Å². The van der Waals surface area contributed by atoms with Crippen molar-refractivity contribution in [3.05, 3.63) is 115 Å². The lowest BCUT2D eigenvalue weighted by atomic mass is 9.87. The molecule has 40 heavy (non-hydrogen) atoms. The van der Waals surface area contributed by atoms with Crippen LogP contribution in [-0.4, -0.2) is 25.1 Å². The summed E-state index contributed by atoms with van der Waals surface area (Å²) >= 11 is 0. The first kappa shape index (κ1) is 25.6. The van der Waals surface area contributed by atoms with Gasteiger partial charge in [0.05, 0.1) is 28.8 Å². The molecule has 0 atom stereocenters. The second-order valence-electron chi connectivity index (χ2n) is 10.5. The lowest BCUT2D eigenvalue weighted by molar-refractivity contribution is 0.405. The second-order valence-corrected chi connectivity index (χ2v) is 10.5. The number of rotatable bonds is 8. The first-order chi connectivity index (χ1) is 19.6. The van der Waals surface area contributed by atoms with Gasteiger partial charge >= 0.3 is 0 Å². The monoisotopic (exact) mass is 526 g/mol. The molecule has 0 unspecified atom stereocenters. The highest BCUT2D eigenvalue weighted by Gasteiger charge is 2.18. The summed E-state index contributed by atoms with van der Waals surface area (Å²) in [5.41, 5.74) is 11.0. The van der Waals surface area contributed by atoms with Crippen LogP contribution in [0.25, 0.3) is 39.0 Å². The van der Waals surface area contributed by atoms with Gasteiger partial charge in [-0.25, -0.2) is 0 Å². The minimum absolute atomic E-state index is 0.538. The number of fused-ring (bicyclic) bond motifs is 1. The van der Waals surface area contributed by atoms with Crippen molar-refractivity contribution in [2.45, 2.75) is 39.0 Å². The van der Waals surface area contributed by atoms with Crippen molar-refractivity contribution < 1.29 is 0 Å². The molecule has 3 N–H and O–H groups in total. The number of aromatic nitrogens is 5. The zero-order chi connectivity index (χ0) is 27.5. The van der Waals surface area contributed by atoms with E-state index in [4.69, 9.17) is 5.10 Å². The highest BCUT2D eigenvalue weighted by atomic mass is 15.1. The maximum absolute atomic E-state index is 4.69. The van der Waals surface area contributed by atoms with E-state index in [1.54, 1.807) is 6.08 Å². The maximum atomic E-state index is 4.69. The Morgan fingerprint density at radius 1 is 1.02 bits per heavy atom. The Morgan fingerprint density at radius 3 is 2.70 bits per heavy atom. The van der Waals surface area contributed by atoms with Gasteiger partial charge in [0.1, 0.15) is 5.69 Å². The van der Waals surface area contributed by atoms with E-state index >= 15 is 0 Å². The van der Waals surface area contributed by atoms with E-state index in [-0.39, 0.29) is 0 Å². The zero-order valence-electron chi connectivity index (χ0n) is 22.9. The number of anilines is 1. The van der Waals surface area contributed by atoms with E-state index in [0.29, 0.717) is 5.92 Å². The number of nitrogens with one attached hydrogen (secondary N) is 3. The summed E-state index contributed by atoms with van der Waals surface area (Å²) in [5.74, 6) is 0.538. The summed E-state index contributed by atoms with van der Waals surface area (Å²) in [5, 5.41) is 12.5. The quantitative estimate of drug-likeness (QED) is 0.177. The summed E-state index contributed by atoms with van der Waals surface area (Å²) in [6.07, 6.45) is 15.7. The van der Waals surface area contributed by atoms with Gasteiger partial charge in [0.2, 0.25) is 0 Å². The fourth-order valence-electron chi connectivity index (χ4n) is 5.72. The van der Waals surface area contributed by atoms with Gasteiger partial charge in [-0.2, -0.15) is 5.10 Å². The summed E-state index contributed by atoms with van der Waals surface area (Å²) in [4.78, 5) is 12.7. The number of aryl methyl sites for hydroxylation is 1. The SMILES string of the molecule is C=C/C=C(/c1ccccn1)c1cc(-c2n[nH]c3ccc(-c4cncc(NC(=C)C5CCCCC5)c4)cc23)[nH]c1C. The summed E-state index contributed by atoms with van der Waals surface area (Å²) in [6.45, 7) is 10.3. The molecule has 5 aromatic rings. The maximum Gasteiger partial charge on any atom is 0.116 e. The lowest BCUT2D eigenvalue weighted by Gasteiger charge is -2.24. The Kier molecular flexibility index (Phi) is 7.15. The van der Waals surface area contributed by atoms with Gasteiger partial charge in [0.25, 0.3) is 0 Å². The molecule has 1 aromatic carbocycles. The average molecular weight is 527 g/mol. The fraction of sp³-hybridized carbons (Fsp3) is 0.206. The van der Waals surface area contributed by atoms with E-state index in [9.17, 15) is 0 Å². The van der Waals surface area contributed by atoms with Crippen molar-refractivity contribution in [1.82, 2.24) is 25.1 Å². The van der Waals surface area contributed by atoms with Gasteiger partial charge in [-0.15, -0.1) is 0 Å². The van der Waals surface area contributed by atoms with Gasteiger partial charge in [0.15, 0.2) is 0 Å². The normalized spacial score (nSPS) is 14.4. The van der Waals surface area contributed by atoms with Crippen LogP contribution in [0.3, 0.4) is 0 Å². The van der Waals surface area contributed by atoms with Crippen molar-refractivity contribution in [2.75, 3.05) is 5.32 Å².